The summed E-state index contributed by atoms with van der Waals surface area (Å²) in [6, 6.07) is -0.346. The minimum Gasteiger partial charge on any atom is -0.310 e. The van der Waals surface area contributed by atoms with Crippen LogP contribution in [0, 0.1) is 0 Å². The maximum absolute atomic E-state index is 12.7. The second-order valence-corrected chi connectivity index (χ2v) is 9.57. The Labute approximate surface area is 136 Å². The molecule has 1 aliphatic carbocycles. The maximum Gasteiger partial charge on any atom is 0.327 e. The van der Waals surface area contributed by atoms with Gasteiger partial charge in [0.05, 0.1) is 5.25 Å². The quantitative estimate of drug-likeness (QED) is 0.710. The van der Waals surface area contributed by atoms with Gasteiger partial charge in [0.25, 0.3) is 5.91 Å². The summed E-state index contributed by atoms with van der Waals surface area (Å²) in [5.41, 5.74) is -0.672. The Balaban J connectivity index is 1.47. The maximum atomic E-state index is 12.7. The van der Waals surface area contributed by atoms with Crippen LogP contribution in [-0.2, 0) is 14.8 Å². The van der Waals surface area contributed by atoms with Gasteiger partial charge < -0.3 is 4.90 Å². The third kappa shape index (κ3) is 2.14. The first kappa shape index (κ1) is 15.4. The van der Waals surface area contributed by atoms with Crippen LogP contribution in [0.3, 0.4) is 0 Å². The van der Waals surface area contributed by atoms with Gasteiger partial charge in [0.15, 0.2) is 0 Å². The first-order valence-corrected chi connectivity index (χ1v) is 10.0. The predicted molar refractivity (Wildman–Crippen MR) is 83.1 cm³/mol. The SMILES string of the molecule is C[C@]12CCCN1C(=O)N(C1CCN(S(=O)(=O)C3CC3)CC1)C2=O. The number of imide groups is 1. The van der Waals surface area contributed by atoms with Crippen LogP contribution in [0.25, 0.3) is 0 Å². The topological polar surface area (TPSA) is 78.0 Å². The van der Waals surface area contributed by atoms with E-state index in [1.807, 2.05) is 6.92 Å². The molecule has 3 saturated heterocycles. The van der Waals surface area contributed by atoms with Crippen molar-refractivity contribution in [2.24, 2.45) is 0 Å². The van der Waals surface area contributed by atoms with Gasteiger partial charge in [-0.1, -0.05) is 0 Å². The van der Waals surface area contributed by atoms with Gasteiger partial charge in [-0.3, -0.25) is 9.69 Å². The summed E-state index contributed by atoms with van der Waals surface area (Å²) in [5, 5.41) is -0.196. The van der Waals surface area contributed by atoms with Crippen LogP contribution in [0.2, 0.25) is 0 Å². The fraction of sp³-hybridized carbons (Fsp3) is 0.867. The molecule has 4 rings (SSSR count). The molecule has 1 saturated carbocycles. The molecule has 4 fully saturated rings. The van der Waals surface area contributed by atoms with Crippen molar-refractivity contribution in [3.05, 3.63) is 0 Å². The number of sulfonamides is 1. The summed E-state index contributed by atoms with van der Waals surface area (Å²) in [5.74, 6) is -0.0940. The van der Waals surface area contributed by atoms with E-state index in [1.165, 1.54) is 4.90 Å². The van der Waals surface area contributed by atoms with Crippen LogP contribution in [-0.4, -0.2) is 70.9 Å². The number of urea groups is 1. The molecule has 0 bridgehead atoms. The molecule has 7 nitrogen and oxygen atoms in total. The average molecular weight is 341 g/mol. The van der Waals surface area contributed by atoms with Crippen molar-refractivity contribution in [3.8, 4) is 0 Å². The van der Waals surface area contributed by atoms with Crippen LogP contribution >= 0.6 is 0 Å². The molecule has 23 heavy (non-hydrogen) atoms. The van der Waals surface area contributed by atoms with Gasteiger partial charge in [0.2, 0.25) is 10.0 Å². The molecule has 3 heterocycles. The summed E-state index contributed by atoms with van der Waals surface area (Å²) in [7, 11) is -3.16. The monoisotopic (exact) mass is 341 g/mol. The van der Waals surface area contributed by atoms with E-state index >= 15 is 0 Å². The number of rotatable bonds is 3. The third-order valence-corrected chi connectivity index (χ3v) is 8.25. The van der Waals surface area contributed by atoms with Crippen LogP contribution in [0.5, 0.6) is 0 Å². The largest absolute Gasteiger partial charge is 0.327 e. The van der Waals surface area contributed by atoms with Crippen LogP contribution < -0.4 is 0 Å². The van der Waals surface area contributed by atoms with E-state index in [2.05, 4.69) is 0 Å². The van der Waals surface area contributed by atoms with E-state index < -0.39 is 15.6 Å². The Hall–Kier alpha value is -1.15. The van der Waals surface area contributed by atoms with E-state index in [9.17, 15) is 18.0 Å². The van der Waals surface area contributed by atoms with Gasteiger partial charge in [-0.05, 0) is 45.4 Å². The fourth-order valence-corrected chi connectivity index (χ4v) is 6.10. The molecule has 0 aromatic rings. The van der Waals surface area contributed by atoms with Crippen molar-refractivity contribution in [3.63, 3.8) is 0 Å². The van der Waals surface area contributed by atoms with Gasteiger partial charge in [0.1, 0.15) is 5.54 Å². The van der Waals surface area contributed by atoms with E-state index in [4.69, 9.17) is 0 Å². The lowest BCUT2D eigenvalue weighted by Crippen LogP contribution is -2.50. The predicted octanol–water partition coefficient (Wildman–Crippen LogP) is 0.760. The molecule has 8 heteroatoms. The highest BCUT2D eigenvalue weighted by molar-refractivity contribution is 7.90. The first-order valence-electron chi connectivity index (χ1n) is 8.50. The van der Waals surface area contributed by atoms with Crippen molar-refractivity contribution in [2.75, 3.05) is 19.6 Å². The highest BCUT2D eigenvalue weighted by Crippen LogP contribution is 2.40. The number of hydrogen-bond donors (Lipinski definition) is 0. The molecule has 128 valence electrons. The standard InChI is InChI=1S/C15H23N3O4S/c1-15-7-2-8-17(15)14(20)18(13(15)19)11-5-9-16(10-6-11)23(21,22)12-3-4-12/h11-12H,2-10H2,1H3/t15-/m1/s1. The fourth-order valence-electron chi connectivity index (χ4n) is 4.22. The molecule has 0 spiro atoms. The summed E-state index contributed by atoms with van der Waals surface area (Å²) in [6.45, 7) is 3.33. The minimum absolute atomic E-state index is 0.0940. The normalized spacial score (nSPS) is 33.6. The number of fused-ring (bicyclic) bond motifs is 1. The first-order chi connectivity index (χ1) is 10.9. The molecule has 0 N–H and O–H groups in total. The lowest BCUT2D eigenvalue weighted by Gasteiger charge is -2.35. The zero-order chi connectivity index (χ0) is 16.4. The smallest absolute Gasteiger partial charge is 0.310 e. The van der Waals surface area contributed by atoms with Crippen molar-refractivity contribution in [2.45, 2.75) is 62.3 Å². The summed E-state index contributed by atoms with van der Waals surface area (Å²) in [4.78, 5) is 28.5. The molecular weight excluding hydrogens is 318 g/mol. The van der Waals surface area contributed by atoms with Gasteiger partial charge in [-0.15, -0.1) is 0 Å². The van der Waals surface area contributed by atoms with E-state index in [-0.39, 0.29) is 23.2 Å². The Morgan fingerprint density at radius 3 is 2.26 bits per heavy atom. The number of carbonyl (C=O) groups is 2. The molecule has 3 amide bonds. The highest BCUT2D eigenvalue weighted by Gasteiger charge is 2.58. The van der Waals surface area contributed by atoms with Gasteiger partial charge >= 0.3 is 6.03 Å². The lowest BCUT2D eigenvalue weighted by molar-refractivity contribution is -0.133. The Kier molecular flexibility index (Phi) is 3.29. The van der Waals surface area contributed by atoms with Crippen molar-refractivity contribution >= 4 is 22.0 Å². The Bertz CT molecular complexity index is 652. The van der Waals surface area contributed by atoms with E-state index in [0.717, 1.165) is 25.7 Å². The highest BCUT2D eigenvalue weighted by atomic mass is 32.2. The second kappa shape index (κ2) is 4.92. The second-order valence-electron chi connectivity index (χ2n) is 7.36. The Morgan fingerprint density at radius 1 is 1.04 bits per heavy atom. The van der Waals surface area contributed by atoms with Crippen LogP contribution in [0.4, 0.5) is 4.79 Å². The van der Waals surface area contributed by atoms with Gasteiger partial charge in [-0.2, -0.15) is 0 Å². The van der Waals surface area contributed by atoms with Crippen LogP contribution in [0.15, 0.2) is 0 Å². The number of amides is 3. The molecule has 1 atom stereocenters. The number of piperidine rings is 1. The molecule has 0 unspecified atom stereocenters. The molecule has 0 aromatic heterocycles. The van der Waals surface area contributed by atoms with Crippen molar-refractivity contribution in [1.82, 2.24) is 14.1 Å². The lowest BCUT2D eigenvalue weighted by atomic mass is 9.97. The summed E-state index contributed by atoms with van der Waals surface area (Å²) < 4.78 is 26.1. The van der Waals surface area contributed by atoms with E-state index in [0.29, 0.717) is 32.5 Å². The van der Waals surface area contributed by atoms with Crippen LogP contribution in [0.1, 0.15) is 45.4 Å². The average Bonchev–Trinajstić information content (AvgIpc) is 3.28. The Morgan fingerprint density at radius 2 is 1.70 bits per heavy atom. The number of nitrogens with zero attached hydrogens (tertiary/aromatic N) is 3. The molecule has 4 aliphatic rings. The molecule has 3 aliphatic heterocycles. The van der Waals surface area contributed by atoms with Crippen molar-refractivity contribution < 1.29 is 18.0 Å². The zero-order valence-corrected chi connectivity index (χ0v) is 14.2. The number of carbonyl (C=O) groups excluding carboxylic acids is 2. The number of hydrogen-bond acceptors (Lipinski definition) is 4. The van der Waals surface area contributed by atoms with Gasteiger partial charge in [0, 0.05) is 25.7 Å². The zero-order valence-electron chi connectivity index (χ0n) is 13.4. The third-order valence-electron chi connectivity index (χ3n) is 5.85. The summed E-state index contributed by atoms with van der Waals surface area (Å²) in [6.07, 6.45) is 4.22. The van der Waals surface area contributed by atoms with E-state index in [1.54, 1.807) is 9.21 Å². The molecular formula is C15H23N3O4S. The molecule has 0 radical (unpaired) electrons. The molecule has 0 aromatic carbocycles. The van der Waals surface area contributed by atoms with Gasteiger partial charge in [-0.25, -0.2) is 17.5 Å². The minimum atomic E-state index is -3.16. The summed E-state index contributed by atoms with van der Waals surface area (Å²) >= 11 is 0. The van der Waals surface area contributed by atoms with Crippen molar-refractivity contribution in [1.29, 1.82) is 0 Å².